The fourth-order valence-corrected chi connectivity index (χ4v) is 5.47. The molecule has 208 valence electrons. The fourth-order valence-electron chi connectivity index (χ4n) is 4.01. The summed E-state index contributed by atoms with van der Waals surface area (Å²) in [5.41, 5.74) is 1.62. The lowest BCUT2D eigenvalue weighted by molar-refractivity contribution is -0.140. The van der Waals surface area contributed by atoms with Gasteiger partial charge in [-0.3, -0.25) is 13.9 Å². The van der Waals surface area contributed by atoms with E-state index < -0.39 is 34.3 Å². The Kier molecular flexibility index (Phi) is 10.9. The molecule has 0 radical (unpaired) electrons. The number of hydrogen-bond donors (Lipinski definition) is 1. The van der Waals surface area contributed by atoms with E-state index in [1.807, 2.05) is 61.5 Å². The van der Waals surface area contributed by atoms with Gasteiger partial charge < -0.3 is 10.2 Å². The zero-order valence-electron chi connectivity index (χ0n) is 21.6. The van der Waals surface area contributed by atoms with Gasteiger partial charge in [-0.05, 0) is 47.9 Å². The summed E-state index contributed by atoms with van der Waals surface area (Å²) in [5, 5.41) is 2.60. The topological polar surface area (TPSA) is 86.8 Å². The Balaban J connectivity index is 2.05. The van der Waals surface area contributed by atoms with Crippen LogP contribution in [0.5, 0.6) is 0 Å². The minimum Gasteiger partial charge on any atom is -0.354 e. The summed E-state index contributed by atoms with van der Waals surface area (Å²) in [5.74, 6) is -1.67. The van der Waals surface area contributed by atoms with Gasteiger partial charge in [0.05, 0.1) is 17.0 Å². The van der Waals surface area contributed by atoms with Crippen LogP contribution in [-0.4, -0.2) is 50.5 Å². The van der Waals surface area contributed by atoms with Gasteiger partial charge >= 0.3 is 0 Å². The Morgan fingerprint density at radius 1 is 1.03 bits per heavy atom. The molecular weight excluding hydrogens is 609 g/mol. The van der Waals surface area contributed by atoms with Gasteiger partial charge in [-0.25, -0.2) is 12.8 Å². The zero-order valence-corrected chi connectivity index (χ0v) is 24.8. The second-order valence-corrected chi connectivity index (χ2v) is 12.2. The molecule has 3 rings (SSSR count). The first kappa shape index (κ1) is 30.6. The number of nitrogens with zero attached hydrogens (tertiary/aromatic N) is 2. The molecule has 3 aromatic carbocycles. The highest BCUT2D eigenvalue weighted by molar-refractivity contribution is 9.10. The minimum atomic E-state index is -3.98. The van der Waals surface area contributed by atoms with Crippen molar-refractivity contribution < 1.29 is 22.4 Å². The number of carbonyl (C=O) groups is 2. The minimum absolute atomic E-state index is 0.0368. The fraction of sp³-hybridized carbons (Fsp3) is 0.286. The molecule has 0 unspecified atom stereocenters. The molecule has 39 heavy (non-hydrogen) atoms. The van der Waals surface area contributed by atoms with E-state index in [1.54, 1.807) is 0 Å². The Bertz CT molecular complexity index is 1410. The second-order valence-electron chi connectivity index (χ2n) is 9.02. The lowest BCUT2D eigenvalue weighted by atomic mass is 10.0. The van der Waals surface area contributed by atoms with Crippen molar-refractivity contribution >= 4 is 55.1 Å². The van der Waals surface area contributed by atoms with Crippen LogP contribution in [0.4, 0.5) is 10.1 Å². The third-order valence-corrected chi connectivity index (χ3v) is 7.86. The van der Waals surface area contributed by atoms with Gasteiger partial charge in [0.15, 0.2) is 0 Å². The van der Waals surface area contributed by atoms with Crippen molar-refractivity contribution in [3.05, 3.63) is 99.2 Å². The maximum Gasteiger partial charge on any atom is 0.244 e. The highest BCUT2D eigenvalue weighted by Crippen LogP contribution is 2.25. The normalized spacial score (nSPS) is 12.0. The first-order valence-corrected chi connectivity index (χ1v) is 15.3. The number of rotatable bonds is 12. The Morgan fingerprint density at radius 2 is 1.72 bits per heavy atom. The molecule has 0 aliphatic heterocycles. The lowest BCUT2D eigenvalue weighted by Crippen LogP contribution is -2.53. The number of benzene rings is 3. The highest BCUT2D eigenvalue weighted by atomic mass is 79.9. The summed E-state index contributed by atoms with van der Waals surface area (Å²) in [4.78, 5) is 28.8. The van der Waals surface area contributed by atoms with Crippen LogP contribution < -0.4 is 9.62 Å². The monoisotopic (exact) mass is 637 g/mol. The average Bonchev–Trinajstić information content (AvgIpc) is 2.89. The van der Waals surface area contributed by atoms with Gasteiger partial charge in [0.1, 0.15) is 18.4 Å². The molecular formula is C28H30BrClFN3O4S. The first-order valence-electron chi connectivity index (χ1n) is 12.3. The molecule has 0 aliphatic rings. The van der Waals surface area contributed by atoms with E-state index in [4.69, 9.17) is 11.6 Å². The van der Waals surface area contributed by atoms with Crippen LogP contribution in [-0.2, 0) is 32.6 Å². The van der Waals surface area contributed by atoms with E-state index >= 15 is 0 Å². The van der Waals surface area contributed by atoms with Crippen molar-refractivity contribution in [3.8, 4) is 0 Å². The Morgan fingerprint density at radius 3 is 2.33 bits per heavy atom. The third-order valence-electron chi connectivity index (χ3n) is 5.93. The van der Waals surface area contributed by atoms with E-state index in [2.05, 4.69) is 21.2 Å². The molecule has 2 amide bonds. The molecule has 1 atom stereocenters. The Hall–Kier alpha value is -2.95. The summed E-state index contributed by atoms with van der Waals surface area (Å²) in [6.07, 6.45) is 1.87. The van der Waals surface area contributed by atoms with Crippen LogP contribution in [0.15, 0.2) is 77.3 Å². The molecule has 0 bridgehead atoms. The standard InChI is InChI=1S/C28H30BrClFN3O4S/c1-3-14-32-28(36)26(16-20-8-5-4-6-9-20)33(18-21-10-7-11-22(29)15-21)27(35)19-34(39(2,37)38)23-12-13-25(31)24(30)17-23/h4-13,15,17,26H,3,14,16,18-19H2,1-2H3,(H,32,36)/t26-/m1/s1. The van der Waals surface area contributed by atoms with Gasteiger partial charge in [-0.1, -0.05) is 76.9 Å². The van der Waals surface area contributed by atoms with Crippen LogP contribution in [0.1, 0.15) is 24.5 Å². The number of nitrogens with one attached hydrogen (secondary N) is 1. The Labute approximate surface area is 242 Å². The van der Waals surface area contributed by atoms with E-state index in [-0.39, 0.29) is 29.6 Å². The van der Waals surface area contributed by atoms with Crippen molar-refractivity contribution in [2.45, 2.75) is 32.4 Å². The third kappa shape index (κ3) is 8.78. The molecule has 0 heterocycles. The van der Waals surface area contributed by atoms with Crippen molar-refractivity contribution in [2.75, 3.05) is 23.7 Å². The van der Waals surface area contributed by atoms with Gasteiger partial charge in [-0.2, -0.15) is 0 Å². The van der Waals surface area contributed by atoms with E-state index in [0.29, 0.717) is 13.0 Å². The molecule has 0 saturated heterocycles. The summed E-state index contributed by atoms with van der Waals surface area (Å²) in [6.45, 7) is 1.79. The quantitative estimate of drug-likeness (QED) is 0.297. The predicted octanol–water partition coefficient (Wildman–Crippen LogP) is 5.17. The maximum absolute atomic E-state index is 13.9. The van der Waals surface area contributed by atoms with E-state index in [0.717, 1.165) is 38.3 Å². The lowest BCUT2D eigenvalue weighted by Gasteiger charge is -2.33. The van der Waals surface area contributed by atoms with Crippen LogP contribution in [0.3, 0.4) is 0 Å². The van der Waals surface area contributed by atoms with Crippen LogP contribution in [0, 0.1) is 5.82 Å². The molecule has 0 aliphatic carbocycles. The predicted molar refractivity (Wildman–Crippen MR) is 156 cm³/mol. The molecule has 0 saturated carbocycles. The molecule has 3 aromatic rings. The van der Waals surface area contributed by atoms with Crippen LogP contribution in [0.25, 0.3) is 0 Å². The SMILES string of the molecule is CCCNC(=O)[C@@H](Cc1ccccc1)N(Cc1cccc(Br)c1)C(=O)CN(c1ccc(F)c(Cl)c1)S(C)(=O)=O. The van der Waals surface area contributed by atoms with Crippen LogP contribution >= 0.6 is 27.5 Å². The molecule has 7 nitrogen and oxygen atoms in total. The number of anilines is 1. The first-order chi connectivity index (χ1) is 18.5. The van der Waals surface area contributed by atoms with Crippen molar-refractivity contribution in [2.24, 2.45) is 0 Å². The summed E-state index contributed by atoms with van der Waals surface area (Å²) in [6, 6.07) is 19.1. The molecule has 1 N–H and O–H groups in total. The molecule has 0 aromatic heterocycles. The molecule has 0 fully saturated rings. The second kappa shape index (κ2) is 13.9. The number of hydrogen-bond acceptors (Lipinski definition) is 4. The number of carbonyl (C=O) groups excluding carboxylic acids is 2. The van der Waals surface area contributed by atoms with Crippen molar-refractivity contribution in [1.82, 2.24) is 10.2 Å². The van der Waals surface area contributed by atoms with Gasteiger partial charge in [0.2, 0.25) is 21.8 Å². The number of amides is 2. The summed E-state index contributed by atoms with van der Waals surface area (Å²) >= 11 is 9.35. The number of sulfonamides is 1. The van der Waals surface area contributed by atoms with Gasteiger partial charge in [-0.15, -0.1) is 0 Å². The van der Waals surface area contributed by atoms with E-state index in [1.165, 1.54) is 11.0 Å². The zero-order chi connectivity index (χ0) is 28.6. The summed E-state index contributed by atoms with van der Waals surface area (Å²) in [7, 11) is -3.98. The van der Waals surface area contributed by atoms with E-state index in [9.17, 15) is 22.4 Å². The highest BCUT2D eigenvalue weighted by Gasteiger charge is 2.33. The largest absolute Gasteiger partial charge is 0.354 e. The number of halogens is 3. The van der Waals surface area contributed by atoms with Gasteiger partial charge in [0.25, 0.3) is 0 Å². The summed E-state index contributed by atoms with van der Waals surface area (Å²) < 4.78 is 41.0. The average molecular weight is 639 g/mol. The van der Waals surface area contributed by atoms with Crippen molar-refractivity contribution in [1.29, 1.82) is 0 Å². The molecule has 0 spiro atoms. The van der Waals surface area contributed by atoms with Crippen LogP contribution in [0.2, 0.25) is 5.02 Å². The van der Waals surface area contributed by atoms with Gasteiger partial charge in [0, 0.05) is 24.0 Å². The maximum atomic E-state index is 13.9. The smallest absolute Gasteiger partial charge is 0.244 e. The van der Waals surface area contributed by atoms with Crippen molar-refractivity contribution in [3.63, 3.8) is 0 Å². The molecule has 11 heteroatoms.